The standard InChI is InChI=1S/C9H16IN/c1-11-9-4-2-8(3-5-9)6-7-10/h2,9,11H,3-7H2,1H3. The number of hydrogen-bond acceptors (Lipinski definition) is 1. The molecule has 0 aromatic rings. The summed E-state index contributed by atoms with van der Waals surface area (Å²) in [5.74, 6) is 0. The molecule has 1 atom stereocenters. The summed E-state index contributed by atoms with van der Waals surface area (Å²) in [5, 5.41) is 3.32. The predicted molar refractivity (Wildman–Crippen MR) is 58.3 cm³/mol. The van der Waals surface area contributed by atoms with Crippen molar-refractivity contribution < 1.29 is 0 Å². The first-order valence-corrected chi connectivity index (χ1v) is 5.80. The second-order valence-electron chi connectivity index (χ2n) is 3.06. The minimum absolute atomic E-state index is 0.743. The highest BCUT2D eigenvalue weighted by Crippen LogP contribution is 2.20. The molecule has 0 fully saturated rings. The van der Waals surface area contributed by atoms with E-state index in [9.17, 15) is 0 Å². The quantitative estimate of drug-likeness (QED) is 0.469. The van der Waals surface area contributed by atoms with Gasteiger partial charge in [-0.15, -0.1) is 0 Å². The average Bonchev–Trinajstić information content (AvgIpc) is 2.07. The lowest BCUT2D eigenvalue weighted by atomic mass is 9.94. The smallest absolute Gasteiger partial charge is 0.0102 e. The Kier molecular flexibility index (Phi) is 4.45. The van der Waals surface area contributed by atoms with Gasteiger partial charge in [0.1, 0.15) is 0 Å². The van der Waals surface area contributed by atoms with Crippen LogP contribution < -0.4 is 5.32 Å². The van der Waals surface area contributed by atoms with Crippen LogP contribution in [0.25, 0.3) is 0 Å². The molecular formula is C9H16IN. The van der Waals surface area contributed by atoms with Crippen LogP contribution in [0.5, 0.6) is 0 Å². The van der Waals surface area contributed by atoms with E-state index in [1.807, 2.05) is 0 Å². The maximum atomic E-state index is 3.32. The first-order valence-electron chi connectivity index (χ1n) is 4.28. The Labute approximate surface area is 82.8 Å². The third-order valence-corrected chi connectivity index (χ3v) is 2.87. The fourth-order valence-electron chi connectivity index (χ4n) is 1.50. The van der Waals surface area contributed by atoms with Gasteiger partial charge in [-0.3, -0.25) is 0 Å². The Bertz CT molecular complexity index is 142. The zero-order valence-corrected chi connectivity index (χ0v) is 9.23. The van der Waals surface area contributed by atoms with Crippen molar-refractivity contribution in [3.8, 4) is 0 Å². The minimum Gasteiger partial charge on any atom is -0.317 e. The van der Waals surface area contributed by atoms with Crippen LogP contribution in [0.2, 0.25) is 0 Å². The summed E-state index contributed by atoms with van der Waals surface area (Å²) in [6.07, 6.45) is 7.61. The Hall–Kier alpha value is 0.430. The molecule has 0 spiro atoms. The second-order valence-corrected chi connectivity index (χ2v) is 4.14. The van der Waals surface area contributed by atoms with E-state index in [0.717, 1.165) is 6.04 Å². The fraction of sp³-hybridized carbons (Fsp3) is 0.778. The van der Waals surface area contributed by atoms with Crippen LogP contribution in [0, 0.1) is 0 Å². The molecule has 0 bridgehead atoms. The Morgan fingerprint density at radius 2 is 2.55 bits per heavy atom. The fourth-order valence-corrected chi connectivity index (χ4v) is 2.19. The number of halogens is 1. The second kappa shape index (κ2) is 5.14. The lowest BCUT2D eigenvalue weighted by Gasteiger charge is -2.20. The molecule has 1 N–H and O–H groups in total. The van der Waals surface area contributed by atoms with Crippen molar-refractivity contribution in [1.29, 1.82) is 0 Å². The monoisotopic (exact) mass is 265 g/mol. The molecule has 1 nitrogen and oxygen atoms in total. The SMILES string of the molecule is CNC1CC=C(CCI)CC1. The Morgan fingerprint density at radius 3 is 3.00 bits per heavy atom. The van der Waals surface area contributed by atoms with Gasteiger partial charge < -0.3 is 5.32 Å². The zero-order valence-electron chi connectivity index (χ0n) is 7.07. The molecule has 11 heavy (non-hydrogen) atoms. The molecule has 0 aromatic carbocycles. The van der Waals surface area contributed by atoms with Crippen LogP contribution in [-0.2, 0) is 0 Å². The van der Waals surface area contributed by atoms with Crippen LogP contribution in [0.3, 0.4) is 0 Å². The summed E-state index contributed by atoms with van der Waals surface area (Å²) in [4.78, 5) is 0. The van der Waals surface area contributed by atoms with E-state index in [1.54, 1.807) is 5.57 Å². The lowest BCUT2D eigenvalue weighted by Crippen LogP contribution is -2.26. The summed E-state index contributed by atoms with van der Waals surface area (Å²) in [6.45, 7) is 0. The molecule has 0 heterocycles. The molecule has 1 unspecified atom stereocenters. The molecule has 1 rings (SSSR count). The van der Waals surface area contributed by atoms with Gasteiger partial charge in [-0.1, -0.05) is 34.2 Å². The molecule has 2 heteroatoms. The van der Waals surface area contributed by atoms with Gasteiger partial charge in [0.15, 0.2) is 0 Å². The van der Waals surface area contributed by atoms with E-state index in [0.29, 0.717) is 0 Å². The summed E-state index contributed by atoms with van der Waals surface area (Å²) >= 11 is 2.45. The highest BCUT2D eigenvalue weighted by molar-refractivity contribution is 14.1. The maximum Gasteiger partial charge on any atom is 0.0102 e. The summed E-state index contributed by atoms with van der Waals surface area (Å²) in [6, 6.07) is 0.743. The van der Waals surface area contributed by atoms with E-state index in [-0.39, 0.29) is 0 Å². The molecule has 0 aromatic heterocycles. The first-order chi connectivity index (χ1) is 5.36. The van der Waals surface area contributed by atoms with Crippen LogP contribution in [0.15, 0.2) is 11.6 Å². The normalized spacial score (nSPS) is 24.9. The average molecular weight is 265 g/mol. The van der Waals surface area contributed by atoms with Gasteiger partial charge in [-0.25, -0.2) is 0 Å². The molecular weight excluding hydrogens is 249 g/mol. The number of rotatable bonds is 3. The van der Waals surface area contributed by atoms with Gasteiger partial charge in [0, 0.05) is 10.5 Å². The van der Waals surface area contributed by atoms with E-state index >= 15 is 0 Å². The van der Waals surface area contributed by atoms with Crippen molar-refractivity contribution in [2.24, 2.45) is 0 Å². The van der Waals surface area contributed by atoms with E-state index in [1.165, 1.54) is 30.1 Å². The van der Waals surface area contributed by atoms with Crippen molar-refractivity contribution in [1.82, 2.24) is 5.32 Å². The molecule has 1 aliphatic rings. The van der Waals surface area contributed by atoms with Gasteiger partial charge in [-0.2, -0.15) is 0 Å². The van der Waals surface area contributed by atoms with Crippen molar-refractivity contribution >= 4 is 22.6 Å². The Balaban J connectivity index is 2.31. The maximum absolute atomic E-state index is 3.32. The highest BCUT2D eigenvalue weighted by Gasteiger charge is 2.10. The third-order valence-electron chi connectivity index (χ3n) is 2.33. The van der Waals surface area contributed by atoms with E-state index in [4.69, 9.17) is 0 Å². The molecule has 1 aliphatic carbocycles. The van der Waals surface area contributed by atoms with Crippen LogP contribution in [0.4, 0.5) is 0 Å². The molecule has 0 aliphatic heterocycles. The summed E-state index contributed by atoms with van der Waals surface area (Å²) in [7, 11) is 2.06. The van der Waals surface area contributed by atoms with Crippen LogP contribution >= 0.6 is 22.6 Å². The minimum atomic E-state index is 0.743. The zero-order chi connectivity index (χ0) is 8.10. The number of allylic oxidation sites excluding steroid dienone is 1. The van der Waals surface area contributed by atoms with Gasteiger partial charge in [-0.05, 0) is 32.7 Å². The molecule has 0 saturated heterocycles. The number of nitrogens with one attached hydrogen (secondary N) is 1. The third kappa shape index (κ3) is 3.11. The van der Waals surface area contributed by atoms with Crippen molar-refractivity contribution in [3.63, 3.8) is 0 Å². The topological polar surface area (TPSA) is 12.0 Å². The van der Waals surface area contributed by atoms with E-state index < -0.39 is 0 Å². The largest absolute Gasteiger partial charge is 0.317 e. The van der Waals surface area contributed by atoms with Gasteiger partial charge >= 0.3 is 0 Å². The Morgan fingerprint density at radius 1 is 1.73 bits per heavy atom. The van der Waals surface area contributed by atoms with Crippen LogP contribution in [0.1, 0.15) is 25.7 Å². The van der Waals surface area contributed by atoms with Gasteiger partial charge in [0.2, 0.25) is 0 Å². The molecule has 0 radical (unpaired) electrons. The van der Waals surface area contributed by atoms with Gasteiger partial charge in [0.05, 0.1) is 0 Å². The number of hydrogen-bond donors (Lipinski definition) is 1. The summed E-state index contributed by atoms with van der Waals surface area (Å²) in [5.41, 5.74) is 1.67. The first kappa shape index (κ1) is 9.52. The molecule has 0 saturated carbocycles. The number of alkyl halides is 1. The van der Waals surface area contributed by atoms with E-state index in [2.05, 4.69) is 41.0 Å². The van der Waals surface area contributed by atoms with Gasteiger partial charge in [0.25, 0.3) is 0 Å². The molecule has 0 amide bonds. The van der Waals surface area contributed by atoms with Crippen molar-refractivity contribution in [2.75, 3.05) is 11.5 Å². The lowest BCUT2D eigenvalue weighted by molar-refractivity contribution is 0.503. The van der Waals surface area contributed by atoms with Crippen molar-refractivity contribution in [2.45, 2.75) is 31.7 Å². The van der Waals surface area contributed by atoms with Crippen molar-refractivity contribution in [3.05, 3.63) is 11.6 Å². The van der Waals surface area contributed by atoms with Crippen LogP contribution in [-0.4, -0.2) is 17.5 Å². The summed E-state index contributed by atoms with van der Waals surface area (Å²) < 4.78 is 1.27. The highest BCUT2D eigenvalue weighted by atomic mass is 127. The predicted octanol–water partition coefficient (Wildman–Crippen LogP) is 2.51. The molecule has 64 valence electrons.